The number of Topliss-reactive ketones (excluding diaryl/α,β-unsaturated/α-hetero) is 1. The highest BCUT2D eigenvalue weighted by atomic mass is 16.5. The molecule has 2 fully saturated rings. The van der Waals surface area contributed by atoms with Crippen LogP contribution in [0.5, 0.6) is 0 Å². The number of methoxy groups -OCH3 is 2. The number of fused-ring (bicyclic) bond motifs is 1. The van der Waals surface area contributed by atoms with Crippen molar-refractivity contribution >= 4 is 17.7 Å². The number of rotatable bonds is 4. The number of carbonyl (C=O) groups is 3. The van der Waals surface area contributed by atoms with Crippen molar-refractivity contribution in [3.8, 4) is 0 Å². The summed E-state index contributed by atoms with van der Waals surface area (Å²) in [6.07, 6.45) is 1.66. The van der Waals surface area contributed by atoms with Gasteiger partial charge in [0.1, 0.15) is 0 Å². The molecule has 1 aromatic carbocycles. The number of hydrogen-bond acceptors (Lipinski definition) is 6. The Morgan fingerprint density at radius 1 is 1.00 bits per heavy atom. The minimum absolute atomic E-state index is 0.149. The Morgan fingerprint density at radius 2 is 1.62 bits per heavy atom. The average molecular weight is 331 g/mol. The molecule has 0 N–H and O–H groups in total. The van der Waals surface area contributed by atoms with Crippen LogP contribution in [0.4, 0.5) is 0 Å². The van der Waals surface area contributed by atoms with Crippen LogP contribution in [0.15, 0.2) is 30.3 Å². The summed E-state index contributed by atoms with van der Waals surface area (Å²) in [6.45, 7) is 0.689. The first-order chi connectivity index (χ1) is 11.6. The normalized spacial score (nSPS) is 29.1. The van der Waals surface area contributed by atoms with E-state index in [2.05, 4.69) is 0 Å². The quantitative estimate of drug-likeness (QED) is 0.611. The standard InChI is InChI=1S/C18H21NO5/c1-23-17(21)13-12-9-6-10-19(12)15(14(13)18(22)24-2)16(20)11-7-4-3-5-8-11/h3-5,7-8,12-15H,6,9-10H2,1-2H3/t12-,13-,14+,15+/m1/s1. The fraction of sp³-hybridized carbons (Fsp3) is 0.500. The molecule has 3 rings (SSSR count). The van der Waals surface area contributed by atoms with E-state index >= 15 is 0 Å². The van der Waals surface area contributed by atoms with Gasteiger partial charge in [0.15, 0.2) is 5.78 Å². The Hall–Kier alpha value is -2.21. The zero-order valence-corrected chi connectivity index (χ0v) is 13.8. The van der Waals surface area contributed by atoms with E-state index in [0.717, 1.165) is 12.8 Å². The molecule has 1 aromatic rings. The Bertz CT molecular complexity index is 644. The Balaban J connectivity index is 2.02. The molecule has 2 saturated heterocycles. The number of benzene rings is 1. The highest BCUT2D eigenvalue weighted by Crippen LogP contribution is 2.43. The van der Waals surface area contributed by atoms with Gasteiger partial charge < -0.3 is 9.47 Å². The molecule has 0 amide bonds. The smallest absolute Gasteiger partial charge is 0.311 e. The second-order valence-corrected chi connectivity index (χ2v) is 6.22. The Labute approximate surface area is 140 Å². The third kappa shape index (κ3) is 2.60. The van der Waals surface area contributed by atoms with Gasteiger partial charge in [0.25, 0.3) is 0 Å². The molecule has 128 valence electrons. The summed E-state index contributed by atoms with van der Waals surface area (Å²) in [4.78, 5) is 39.8. The third-order valence-electron chi connectivity index (χ3n) is 5.11. The predicted octanol–water partition coefficient (Wildman–Crippen LogP) is 1.29. The Kier molecular flexibility index (Phi) is 4.66. The van der Waals surface area contributed by atoms with Crippen molar-refractivity contribution in [1.29, 1.82) is 0 Å². The van der Waals surface area contributed by atoms with Gasteiger partial charge in [0.2, 0.25) is 0 Å². The Morgan fingerprint density at radius 3 is 2.25 bits per heavy atom. The van der Waals surface area contributed by atoms with Crippen LogP contribution in [0.1, 0.15) is 23.2 Å². The highest BCUT2D eigenvalue weighted by Gasteiger charge is 2.59. The molecule has 0 aliphatic carbocycles. The molecule has 24 heavy (non-hydrogen) atoms. The van der Waals surface area contributed by atoms with E-state index in [0.29, 0.717) is 12.1 Å². The lowest BCUT2D eigenvalue weighted by atomic mass is 9.83. The zero-order valence-electron chi connectivity index (χ0n) is 13.8. The third-order valence-corrected chi connectivity index (χ3v) is 5.11. The first-order valence-electron chi connectivity index (χ1n) is 8.10. The van der Waals surface area contributed by atoms with Crippen LogP contribution in [0.2, 0.25) is 0 Å². The number of nitrogens with zero attached hydrogens (tertiary/aromatic N) is 1. The molecule has 0 unspecified atom stereocenters. The van der Waals surface area contributed by atoms with Crippen molar-refractivity contribution < 1.29 is 23.9 Å². The highest BCUT2D eigenvalue weighted by molar-refractivity contribution is 6.04. The summed E-state index contributed by atoms with van der Waals surface area (Å²) in [5, 5.41) is 0. The number of hydrogen-bond donors (Lipinski definition) is 0. The van der Waals surface area contributed by atoms with Crippen molar-refractivity contribution in [2.75, 3.05) is 20.8 Å². The van der Waals surface area contributed by atoms with Crippen LogP contribution in [0, 0.1) is 11.8 Å². The van der Waals surface area contributed by atoms with Crippen molar-refractivity contribution in [2.45, 2.75) is 24.9 Å². The number of ketones is 1. The second kappa shape index (κ2) is 6.73. The van der Waals surface area contributed by atoms with Crippen molar-refractivity contribution in [3.63, 3.8) is 0 Å². The zero-order chi connectivity index (χ0) is 17.3. The van der Waals surface area contributed by atoms with Gasteiger partial charge in [-0.3, -0.25) is 19.3 Å². The van der Waals surface area contributed by atoms with Crippen molar-refractivity contribution in [1.82, 2.24) is 4.90 Å². The van der Waals surface area contributed by atoms with Gasteiger partial charge >= 0.3 is 11.9 Å². The van der Waals surface area contributed by atoms with Gasteiger partial charge in [0.05, 0.1) is 32.1 Å². The number of ether oxygens (including phenoxy) is 2. The van der Waals surface area contributed by atoms with E-state index in [1.165, 1.54) is 14.2 Å². The molecule has 2 aliphatic heterocycles. The van der Waals surface area contributed by atoms with Gasteiger partial charge in [-0.05, 0) is 19.4 Å². The van der Waals surface area contributed by atoms with Gasteiger partial charge in [-0.15, -0.1) is 0 Å². The van der Waals surface area contributed by atoms with Crippen LogP contribution in [-0.4, -0.2) is 55.5 Å². The molecule has 2 heterocycles. The lowest BCUT2D eigenvalue weighted by Crippen LogP contribution is -2.43. The predicted molar refractivity (Wildman–Crippen MR) is 85.3 cm³/mol. The van der Waals surface area contributed by atoms with Crippen LogP contribution in [0.3, 0.4) is 0 Å². The molecule has 2 aliphatic rings. The van der Waals surface area contributed by atoms with Crippen LogP contribution in [-0.2, 0) is 19.1 Å². The van der Waals surface area contributed by atoms with Gasteiger partial charge in [0, 0.05) is 11.6 Å². The molecule has 0 radical (unpaired) electrons. The minimum Gasteiger partial charge on any atom is -0.469 e. The second-order valence-electron chi connectivity index (χ2n) is 6.22. The van der Waals surface area contributed by atoms with E-state index in [4.69, 9.17) is 9.47 Å². The number of esters is 2. The van der Waals surface area contributed by atoms with E-state index in [1.807, 2.05) is 11.0 Å². The summed E-state index contributed by atoms with van der Waals surface area (Å²) in [5.74, 6) is -2.63. The lowest BCUT2D eigenvalue weighted by Gasteiger charge is -2.24. The molecule has 0 aromatic heterocycles. The summed E-state index contributed by atoms with van der Waals surface area (Å²) in [6, 6.07) is 8.03. The molecule has 0 spiro atoms. The molecule has 6 nitrogen and oxygen atoms in total. The van der Waals surface area contributed by atoms with E-state index in [9.17, 15) is 14.4 Å². The maximum absolute atomic E-state index is 13.1. The summed E-state index contributed by atoms with van der Waals surface area (Å²) in [7, 11) is 2.59. The SMILES string of the molecule is COC(=O)[C@H]1[C@H](C(=O)OC)[C@@H](C(=O)c2ccccc2)N2CCC[C@H]12. The monoisotopic (exact) mass is 331 g/mol. The average Bonchev–Trinajstić information content (AvgIpc) is 3.20. The van der Waals surface area contributed by atoms with E-state index < -0.39 is 29.8 Å². The first-order valence-corrected chi connectivity index (χ1v) is 8.10. The molecule has 0 bridgehead atoms. The fourth-order valence-electron chi connectivity index (χ4n) is 4.13. The van der Waals surface area contributed by atoms with E-state index in [1.54, 1.807) is 24.3 Å². The van der Waals surface area contributed by atoms with Gasteiger partial charge in [-0.2, -0.15) is 0 Å². The lowest BCUT2D eigenvalue weighted by molar-refractivity contribution is -0.156. The number of carbonyl (C=O) groups excluding carboxylic acids is 3. The minimum atomic E-state index is -0.833. The summed E-state index contributed by atoms with van der Waals surface area (Å²) < 4.78 is 9.83. The topological polar surface area (TPSA) is 72.9 Å². The largest absolute Gasteiger partial charge is 0.469 e. The van der Waals surface area contributed by atoms with Crippen molar-refractivity contribution in [3.05, 3.63) is 35.9 Å². The van der Waals surface area contributed by atoms with Crippen LogP contribution >= 0.6 is 0 Å². The summed E-state index contributed by atoms with van der Waals surface area (Å²) in [5.41, 5.74) is 0.535. The van der Waals surface area contributed by atoms with Crippen molar-refractivity contribution in [2.24, 2.45) is 11.8 Å². The van der Waals surface area contributed by atoms with Crippen LogP contribution in [0.25, 0.3) is 0 Å². The first kappa shape index (κ1) is 16.6. The van der Waals surface area contributed by atoms with E-state index in [-0.39, 0.29) is 11.8 Å². The van der Waals surface area contributed by atoms with Gasteiger partial charge in [-0.25, -0.2) is 0 Å². The summed E-state index contributed by atoms with van der Waals surface area (Å²) >= 11 is 0. The molecular formula is C18H21NO5. The molecule has 0 saturated carbocycles. The molecular weight excluding hydrogens is 310 g/mol. The maximum atomic E-state index is 13.1. The molecule has 6 heteroatoms. The fourth-order valence-corrected chi connectivity index (χ4v) is 4.13. The molecule has 4 atom stereocenters. The maximum Gasteiger partial charge on any atom is 0.311 e. The van der Waals surface area contributed by atoms with Gasteiger partial charge in [-0.1, -0.05) is 30.3 Å². The van der Waals surface area contributed by atoms with Crippen LogP contribution < -0.4 is 0 Å².